The topological polar surface area (TPSA) is 38.5 Å². The largest absolute Gasteiger partial charge is 0.441 e. The number of benzene rings is 1. The third kappa shape index (κ3) is 4.59. The van der Waals surface area contributed by atoms with Gasteiger partial charge in [0.05, 0.1) is 12.3 Å². The highest BCUT2D eigenvalue weighted by molar-refractivity contribution is 5.53. The van der Waals surface area contributed by atoms with Crippen LogP contribution >= 0.6 is 0 Å². The van der Waals surface area contributed by atoms with Crippen molar-refractivity contribution in [1.82, 2.24) is 9.88 Å². The normalized spacial score (nSPS) is 11.7. The summed E-state index contributed by atoms with van der Waals surface area (Å²) in [5.74, 6) is -0.429. The average Bonchev–Trinajstić information content (AvgIpc) is 2.83. The number of ether oxygens (including phenoxy) is 1. The van der Waals surface area contributed by atoms with E-state index in [1.807, 2.05) is 0 Å². The van der Waals surface area contributed by atoms with Crippen molar-refractivity contribution in [3.8, 4) is 11.5 Å². The Labute approximate surface area is 135 Å². The Hall–Kier alpha value is -1.79. The van der Waals surface area contributed by atoms with Gasteiger partial charge in [0.2, 0.25) is 5.89 Å². The first-order valence-corrected chi connectivity index (χ1v) is 7.56. The third-order valence-electron chi connectivity index (χ3n) is 3.67. The van der Waals surface area contributed by atoms with Crippen molar-refractivity contribution < 1.29 is 17.9 Å². The molecule has 0 N–H and O–H groups in total. The molecule has 0 unspecified atom stereocenters. The Kier molecular flexibility index (Phi) is 5.85. The second-order valence-corrected chi connectivity index (χ2v) is 5.74. The van der Waals surface area contributed by atoms with Gasteiger partial charge >= 0.3 is 0 Å². The second kappa shape index (κ2) is 7.66. The highest BCUT2D eigenvalue weighted by Crippen LogP contribution is 2.24. The Morgan fingerprint density at radius 1 is 1.22 bits per heavy atom. The monoisotopic (exact) mass is 324 g/mol. The number of rotatable bonds is 7. The van der Waals surface area contributed by atoms with Gasteiger partial charge in [0.25, 0.3) is 0 Å². The van der Waals surface area contributed by atoms with Gasteiger partial charge in [-0.15, -0.1) is 0 Å². The molecule has 1 aromatic carbocycles. The van der Waals surface area contributed by atoms with Crippen LogP contribution in [0.5, 0.6) is 0 Å². The van der Waals surface area contributed by atoms with Crippen LogP contribution in [-0.4, -0.2) is 36.2 Å². The lowest BCUT2D eigenvalue weighted by Gasteiger charge is -2.25. The molecule has 1 aromatic heterocycles. The van der Waals surface area contributed by atoms with Gasteiger partial charge in [-0.05, 0) is 32.9 Å². The smallest absolute Gasteiger partial charge is 0.226 e. The van der Waals surface area contributed by atoms with E-state index >= 15 is 0 Å². The number of aromatic nitrogens is 1. The van der Waals surface area contributed by atoms with E-state index in [1.54, 1.807) is 14.0 Å². The highest BCUT2D eigenvalue weighted by atomic mass is 19.1. The summed E-state index contributed by atoms with van der Waals surface area (Å²) in [6.45, 7) is 7.97. The molecule has 6 heteroatoms. The van der Waals surface area contributed by atoms with Gasteiger partial charge in [0, 0.05) is 37.9 Å². The molecule has 0 fully saturated rings. The van der Waals surface area contributed by atoms with Crippen LogP contribution in [0.1, 0.15) is 25.3 Å². The molecule has 126 valence electrons. The molecule has 2 aromatic rings. The molecule has 0 spiro atoms. The molecule has 0 aliphatic heterocycles. The minimum atomic E-state index is -0.652. The van der Waals surface area contributed by atoms with Crippen LogP contribution in [0.3, 0.4) is 0 Å². The molecule has 0 aliphatic rings. The first-order valence-electron chi connectivity index (χ1n) is 7.56. The maximum atomic E-state index is 13.3. The van der Waals surface area contributed by atoms with Crippen LogP contribution in [0.4, 0.5) is 8.78 Å². The first-order chi connectivity index (χ1) is 10.9. The van der Waals surface area contributed by atoms with Crippen molar-refractivity contribution in [2.24, 2.45) is 0 Å². The van der Waals surface area contributed by atoms with Crippen LogP contribution in [0, 0.1) is 18.6 Å². The van der Waals surface area contributed by atoms with Crippen molar-refractivity contribution in [1.29, 1.82) is 0 Å². The van der Waals surface area contributed by atoms with E-state index in [0.29, 0.717) is 30.5 Å². The van der Waals surface area contributed by atoms with Gasteiger partial charge < -0.3 is 9.15 Å². The molecule has 0 saturated carbocycles. The number of halogens is 2. The molecule has 23 heavy (non-hydrogen) atoms. The quantitative estimate of drug-likeness (QED) is 0.777. The summed E-state index contributed by atoms with van der Waals surface area (Å²) in [5.41, 5.74) is 1.05. The fourth-order valence-corrected chi connectivity index (χ4v) is 2.30. The highest BCUT2D eigenvalue weighted by Gasteiger charge is 2.17. The van der Waals surface area contributed by atoms with Crippen LogP contribution in [0.2, 0.25) is 0 Å². The fraction of sp³-hybridized carbons (Fsp3) is 0.471. The van der Waals surface area contributed by atoms with Gasteiger partial charge in [-0.2, -0.15) is 0 Å². The molecular weight excluding hydrogens is 302 g/mol. The average molecular weight is 324 g/mol. The number of hydrogen-bond acceptors (Lipinski definition) is 4. The van der Waals surface area contributed by atoms with E-state index in [2.05, 4.69) is 23.7 Å². The Morgan fingerprint density at radius 2 is 1.87 bits per heavy atom. The van der Waals surface area contributed by atoms with E-state index in [-0.39, 0.29) is 5.89 Å². The maximum absolute atomic E-state index is 13.3. The van der Waals surface area contributed by atoms with E-state index in [9.17, 15) is 8.78 Å². The zero-order valence-corrected chi connectivity index (χ0v) is 13.9. The van der Waals surface area contributed by atoms with E-state index < -0.39 is 11.6 Å². The summed E-state index contributed by atoms with van der Waals surface area (Å²) in [5, 5.41) is 0. The van der Waals surface area contributed by atoms with E-state index in [0.717, 1.165) is 18.3 Å². The standard InChI is InChI=1S/C17H22F2N2O2/c1-11(2)21(5-6-22-4)10-16-12(3)23-17(20-16)13-7-14(18)9-15(19)8-13/h7-9,11H,5-6,10H2,1-4H3. The summed E-state index contributed by atoms with van der Waals surface area (Å²) in [6.07, 6.45) is 0. The first kappa shape index (κ1) is 17.6. The molecule has 0 atom stereocenters. The molecular formula is C17H22F2N2O2. The predicted octanol–water partition coefficient (Wildman–Crippen LogP) is 3.79. The minimum absolute atomic E-state index is 0.228. The van der Waals surface area contributed by atoms with Crippen molar-refractivity contribution in [2.45, 2.75) is 33.4 Å². The number of oxazole rings is 1. The van der Waals surface area contributed by atoms with Crippen molar-refractivity contribution in [2.75, 3.05) is 20.3 Å². The summed E-state index contributed by atoms with van der Waals surface area (Å²) in [4.78, 5) is 6.61. The molecule has 0 aliphatic carbocycles. The summed E-state index contributed by atoms with van der Waals surface area (Å²) in [7, 11) is 1.66. The van der Waals surface area contributed by atoms with Crippen molar-refractivity contribution in [3.63, 3.8) is 0 Å². The molecule has 0 saturated heterocycles. The van der Waals surface area contributed by atoms with Crippen LogP contribution in [0.25, 0.3) is 11.5 Å². The number of hydrogen-bond donors (Lipinski definition) is 0. The minimum Gasteiger partial charge on any atom is -0.441 e. The van der Waals surface area contributed by atoms with Gasteiger partial charge in [0.1, 0.15) is 17.4 Å². The van der Waals surface area contributed by atoms with Gasteiger partial charge in [0.15, 0.2) is 0 Å². The van der Waals surface area contributed by atoms with Crippen molar-refractivity contribution in [3.05, 3.63) is 41.3 Å². The molecule has 4 nitrogen and oxygen atoms in total. The van der Waals surface area contributed by atoms with Gasteiger partial charge in [-0.1, -0.05) is 0 Å². The lowest BCUT2D eigenvalue weighted by molar-refractivity contribution is 0.124. The fourth-order valence-electron chi connectivity index (χ4n) is 2.30. The predicted molar refractivity (Wildman–Crippen MR) is 84.0 cm³/mol. The Morgan fingerprint density at radius 3 is 2.43 bits per heavy atom. The van der Waals surface area contributed by atoms with Gasteiger partial charge in [-0.25, -0.2) is 13.8 Å². The van der Waals surface area contributed by atoms with Crippen LogP contribution in [0.15, 0.2) is 22.6 Å². The van der Waals surface area contributed by atoms with Crippen molar-refractivity contribution >= 4 is 0 Å². The van der Waals surface area contributed by atoms with Crippen LogP contribution < -0.4 is 0 Å². The SMILES string of the molecule is COCCN(Cc1nc(-c2cc(F)cc(F)c2)oc1C)C(C)C. The Bertz CT molecular complexity index is 636. The summed E-state index contributed by atoms with van der Waals surface area (Å²) in [6, 6.07) is 3.56. The second-order valence-electron chi connectivity index (χ2n) is 5.74. The number of nitrogens with zero attached hydrogens (tertiary/aromatic N) is 2. The number of aryl methyl sites for hydroxylation is 1. The zero-order valence-electron chi connectivity index (χ0n) is 13.9. The summed E-state index contributed by atoms with van der Waals surface area (Å²) < 4.78 is 37.4. The van der Waals surface area contributed by atoms with Crippen LogP contribution in [-0.2, 0) is 11.3 Å². The van der Waals surface area contributed by atoms with E-state index in [1.165, 1.54) is 12.1 Å². The summed E-state index contributed by atoms with van der Waals surface area (Å²) >= 11 is 0. The molecule has 0 bridgehead atoms. The van der Waals surface area contributed by atoms with E-state index in [4.69, 9.17) is 9.15 Å². The zero-order chi connectivity index (χ0) is 17.0. The Balaban J connectivity index is 2.23. The lowest BCUT2D eigenvalue weighted by Crippen LogP contribution is -2.33. The number of methoxy groups -OCH3 is 1. The molecule has 1 heterocycles. The molecule has 0 amide bonds. The molecule has 2 rings (SSSR count). The maximum Gasteiger partial charge on any atom is 0.226 e. The molecule has 0 radical (unpaired) electrons. The third-order valence-corrected chi connectivity index (χ3v) is 3.67. The lowest BCUT2D eigenvalue weighted by atomic mass is 10.2. The van der Waals surface area contributed by atoms with Gasteiger partial charge in [-0.3, -0.25) is 4.90 Å².